The zero-order valence-corrected chi connectivity index (χ0v) is 23.0. The average Bonchev–Trinajstić information content (AvgIpc) is 3.42. The minimum absolute atomic E-state index is 0.0640. The van der Waals surface area contributed by atoms with Crippen molar-refractivity contribution in [3.8, 4) is 11.5 Å². The molecule has 1 N–H and O–H groups in total. The Bertz CT molecular complexity index is 1470. The molecule has 43 heavy (non-hydrogen) atoms. The monoisotopic (exact) mass is 606 g/mol. The average molecular weight is 607 g/mol. The maximum Gasteiger partial charge on any atom is 0.387 e. The molecule has 1 aliphatic rings. The van der Waals surface area contributed by atoms with E-state index < -0.39 is 60.2 Å². The number of rotatable bonds is 10. The fourth-order valence-corrected chi connectivity index (χ4v) is 4.78. The van der Waals surface area contributed by atoms with Gasteiger partial charge >= 0.3 is 13.2 Å². The van der Waals surface area contributed by atoms with Gasteiger partial charge in [0.1, 0.15) is 17.6 Å². The van der Waals surface area contributed by atoms with Gasteiger partial charge in [-0.1, -0.05) is 12.1 Å². The summed E-state index contributed by atoms with van der Waals surface area (Å²) in [6, 6.07) is 12.7. The van der Waals surface area contributed by atoms with E-state index in [-0.39, 0.29) is 25.2 Å². The third-order valence-corrected chi connectivity index (χ3v) is 6.87. The van der Waals surface area contributed by atoms with Crippen molar-refractivity contribution < 1.29 is 45.8 Å². The molecule has 4 rings (SSSR count). The van der Waals surface area contributed by atoms with Gasteiger partial charge in [0.05, 0.1) is 12.2 Å². The van der Waals surface area contributed by atoms with Gasteiger partial charge < -0.3 is 24.6 Å². The van der Waals surface area contributed by atoms with Crippen molar-refractivity contribution in [1.82, 2.24) is 15.2 Å². The Kier molecular flexibility index (Phi) is 9.78. The van der Waals surface area contributed by atoms with E-state index in [0.717, 1.165) is 12.1 Å². The molecular weight excluding hydrogens is 579 g/mol. The van der Waals surface area contributed by atoms with Gasteiger partial charge in [-0.2, -0.15) is 17.6 Å². The zero-order valence-electron chi connectivity index (χ0n) is 23.0. The van der Waals surface area contributed by atoms with Gasteiger partial charge in [-0.05, 0) is 60.5 Å². The van der Waals surface area contributed by atoms with Crippen LogP contribution in [0.1, 0.15) is 41.0 Å². The smallest absolute Gasteiger partial charge is 0.387 e. The van der Waals surface area contributed by atoms with Gasteiger partial charge in [-0.25, -0.2) is 9.37 Å². The molecule has 14 heteroatoms. The summed E-state index contributed by atoms with van der Waals surface area (Å²) in [5, 5.41) is 2.71. The number of ether oxygens (including phenoxy) is 2. The lowest BCUT2D eigenvalue weighted by Gasteiger charge is -2.22. The Balaban J connectivity index is 1.44. The molecule has 228 valence electrons. The normalized spacial score (nSPS) is 16.3. The van der Waals surface area contributed by atoms with E-state index in [2.05, 4.69) is 19.8 Å². The molecule has 1 saturated heterocycles. The maximum absolute atomic E-state index is 13.2. The Morgan fingerprint density at radius 2 is 1.67 bits per heavy atom. The van der Waals surface area contributed by atoms with Gasteiger partial charge in [-0.15, -0.1) is 0 Å². The summed E-state index contributed by atoms with van der Waals surface area (Å²) in [4.78, 5) is 45.4. The molecule has 1 unspecified atom stereocenters. The highest BCUT2D eigenvalue weighted by Gasteiger charge is 2.39. The first-order valence-corrected chi connectivity index (χ1v) is 13.0. The third-order valence-electron chi connectivity index (χ3n) is 6.87. The lowest BCUT2D eigenvalue weighted by molar-refractivity contribution is -0.136. The Morgan fingerprint density at radius 1 is 1.00 bits per heavy atom. The Labute approximate surface area is 243 Å². The van der Waals surface area contributed by atoms with E-state index in [1.165, 1.54) is 60.2 Å². The van der Waals surface area contributed by atoms with Crippen LogP contribution >= 0.6 is 0 Å². The number of pyridine rings is 1. The molecule has 3 aromatic rings. The maximum atomic E-state index is 13.2. The minimum atomic E-state index is -3.29. The first-order valence-electron chi connectivity index (χ1n) is 13.0. The standard InChI is InChI=1S/C29H27F5N4O5/c1-16(39)38-15-18(17-6-11-24(42-28(31)32)25(13-17)43-29(33)34)12-23(38)26(40)35-14-20-4-3-5-22(36-20)27(41)37(2)21-9-7-19(30)8-10-21/h3-11,13,18,23,28-29H,12,14-15H2,1-2H3,(H,35,40)/t18?,23-/m1/s1. The van der Waals surface area contributed by atoms with E-state index in [1.54, 1.807) is 12.1 Å². The number of anilines is 1. The molecular formula is C29H27F5N4O5. The van der Waals surface area contributed by atoms with Gasteiger partial charge in [0.2, 0.25) is 11.8 Å². The van der Waals surface area contributed by atoms with E-state index in [0.29, 0.717) is 16.9 Å². The highest BCUT2D eigenvalue weighted by atomic mass is 19.3. The van der Waals surface area contributed by atoms with Crippen molar-refractivity contribution >= 4 is 23.4 Å². The molecule has 1 fully saturated rings. The van der Waals surface area contributed by atoms with E-state index in [9.17, 15) is 36.3 Å². The van der Waals surface area contributed by atoms with Crippen molar-refractivity contribution in [3.05, 3.63) is 83.4 Å². The molecule has 9 nitrogen and oxygen atoms in total. The van der Waals surface area contributed by atoms with Crippen LogP contribution in [0.15, 0.2) is 60.7 Å². The highest BCUT2D eigenvalue weighted by molar-refractivity contribution is 6.04. The highest BCUT2D eigenvalue weighted by Crippen LogP contribution is 2.38. The predicted molar refractivity (Wildman–Crippen MR) is 143 cm³/mol. The number of hydrogen-bond acceptors (Lipinski definition) is 6. The molecule has 1 aliphatic heterocycles. The number of likely N-dealkylation sites (tertiary alicyclic amines) is 1. The molecule has 2 aromatic carbocycles. The van der Waals surface area contributed by atoms with Crippen LogP contribution in [0.3, 0.4) is 0 Å². The molecule has 2 atom stereocenters. The number of amides is 3. The van der Waals surface area contributed by atoms with E-state index >= 15 is 0 Å². The summed E-state index contributed by atoms with van der Waals surface area (Å²) >= 11 is 0. The number of aromatic nitrogens is 1. The van der Waals surface area contributed by atoms with Crippen molar-refractivity contribution in [1.29, 1.82) is 0 Å². The summed E-state index contributed by atoms with van der Waals surface area (Å²) in [6.07, 6.45) is 0.114. The molecule has 0 radical (unpaired) electrons. The number of carbonyl (C=O) groups is 3. The van der Waals surface area contributed by atoms with E-state index in [4.69, 9.17) is 0 Å². The number of nitrogens with one attached hydrogen (secondary N) is 1. The van der Waals surface area contributed by atoms with Crippen LogP contribution in [0.5, 0.6) is 11.5 Å². The lowest BCUT2D eigenvalue weighted by Crippen LogP contribution is -2.45. The first-order chi connectivity index (χ1) is 20.4. The molecule has 1 aromatic heterocycles. The Hall–Kier alpha value is -4.75. The first kappa shape index (κ1) is 31.2. The van der Waals surface area contributed by atoms with Crippen molar-refractivity contribution in [3.63, 3.8) is 0 Å². The molecule has 3 amide bonds. The summed E-state index contributed by atoms with van der Waals surface area (Å²) in [5.74, 6) is -3.49. The summed E-state index contributed by atoms with van der Waals surface area (Å²) in [5.41, 5.74) is 1.29. The predicted octanol–water partition coefficient (Wildman–Crippen LogP) is 4.72. The second-order valence-corrected chi connectivity index (χ2v) is 9.66. The molecule has 0 bridgehead atoms. The van der Waals surface area contributed by atoms with Crippen molar-refractivity contribution in [2.24, 2.45) is 0 Å². The Morgan fingerprint density at radius 3 is 2.33 bits per heavy atom. The number of hydrogen-bond donors (Lipinski definition) is 1. The van der Waals surface area contributed by atoms with Gasteiger partial charge in [-0.3, -0.25) is 14.4 Å². The van der Waals surface area contributed by atoms with E-state index in [1.807, 2.05) is 0 Å². The summed E-state index contributed by atoms with van der Waals surface area (Å²) < 4.78 is 73.1. The van der Waals surface area contributed by atoms with Crippen LogP contribution in [0.25, 0.3) is 0 Å². The van der Waals surface area contributed by atoms with Gasteiger partial charge in [0.15, 0.2) is 11.5 Å². The quantitative estimate of drug-likeness (QED) is 0.336. The lowest BCUT2D eigenvalue weighted by atomic mass is 9.95. The van der Waals surface area contributed by atoms with Gasteiger partial charge in [0, 0.05) is 32.1 Å². The van der Waals surface area contributed by atoms with Crippen LogP contribution < -0.4 is 19.7 Å². The van der Waals surface area contributed by atoms with Crippen LogP contribution in [0, 0.1) is 5.82 Å². The van der Waals surface area contributed by atoms with Crippen molar-refractivity contribution in [2.75, 3.05) is 18.5 Å². The van der Waals surface area contributed by atoms with Crippen LogP contribution in [0.4, 0.5) is 27.6 Å². The topological polar surface area (TPSA) is 101 Å². The number of halogens is 5. The summed E-state index contributed by atoms with van der Waals surface area (Å²) in [6.45, 7) is -5.28. The zero-order chi connectivity index (χ0) is 31.3. The second-order valence-electron chi connectivity index (χ2n) is 9.66. The van der Waals surface area contributed by atoms with Crippen LogP contribution in [0.2, 0.25) is 0 Å². The minimum Gasteiger partial charge on any atom is -0.431 e. The molecule has 0 saturated carbocycles. The third kappa shape index (κ3) is 7.76. The SMILES string of the molecule is CC(=O)N1CC(c2ccc(OC(F)F)c(OC(F)F)c2)C[C@@H]1C(=O)NCc1cccc(C(=O)N(C)c2ccc(F)cc2)n1. The van der Waals surface area contributed by atoms with Crippen LogP contribution in [-0.2, 0) is 16.1 Å². The van der Waals surface area contributed by atoms with Crippen molar-refractivity contribution in [2.45, 2.75) is 45.1 Å². The fourth-order valence-electron chi connectivity index (χ4n) is 4.78. The largest absolute Gasteiger partial charge is 0.431 e. The fraction of sp³-hybridized carbons (Fsp3) is 0.310. The second kappa shape index (κ2) is 13.5. The number of alkyl halides is 4. The number of benzene rings is 2. The molecule has 0 spiro atoms. The van der Waals surface area contributed by atoms with Crippen LogP contribution in [-0.4, -0.2) is 60.5 Å². The van der Waals surface area contributed by atoms with Gasteiger partial charge in [0.25, 0.3) is 5.91 Å². The molecule has 2 heterocycles. The molecule has 0 aliphatic carbocycles. The summed E-state index contributed by atoms with van der Waals surface area (Å²) in [7, 11) is 1.51. The number of nitrogens with zero attached hydrogens (tertiary/aromatic N) is 3. The number of carbonyl (C=O) groups excluding carboxylic acids is 3.